The summed E-state index contributed by atoms with van der Waals surface area (Å²) < 4.78 is 10.7. The number of ether oxygens (including phenoxy) is 2. The third-order valence-electron chi connectivity index (χ3n) is 3.42. The minimum absolute atomic E-state index is 0.440. The molecule has 0 spiro atoms. The number of nitrogens with zero attached hydrogens (tertiary/aromatic N) is 1. The molecular formula is C13H28N2O2. The van der Waals surface area contributed by atoms with Gasteiger partial charge < -0.3 is 14.8 Å². The molecule has 1 fully saturated rings. The van der Waals surface area contributed by atoms with Crippen LogP contribution in [-0.2, 0) is 9.47 Å². The summed E-state index contributed by atoms with van der Waals surface area (Å²) >= 11 is 0. The molecule has 0 bridgehead atoms. The van der Waals surface area contributed by atoms with Gasteiger partial charge in [0.1, 0.15) is 0 Å². The second-order valence-electron chi connectivity index (χ2n) is 4.74. The predicted molar refractivity (Wildman–Crippen MR) is 70.4 cm³/mol. The molecule has 2 unspecified atom stereocenters. The zero-order valence-electron chi connectivity index (χ0n) is 11.6. The predicted octanol–water partition coefficient (Wildman–Crippen LogP) is 1.11. The van der Waals surface area contributed by atoms with Gasteiger partial charge in [-0.15, -0.1) is 0 Å². The fourth-order valence-electron chi connectivity index (χ4n) is 2.23. The zero-order chi connectivity index (χ0) is 12.5. The monoisotopic (exact) mass is 244 g/mol. The van der Waals surface area contributed by atoms with Gasteiger partial charge in [-0.25, -0.2) is 0 Å². The molecule has 1 aliphatic heterocycles. The lowest BCUT2D eigenvalue weighted by Crippen LogP contribution is -2.40. The van der Waals surface area contributed by atoms with Gasteiger partial charge in [-0.05, 0) is 33.2 Å². The molecule has 1 N–H and O–H groups in total. The van der Waals surface area contributed by atoms with E-state index >= 15 is 0 Å². The minimum atomic E-state index is 0.440. The van der Waals surface area contributed by atoms with E-state index in [0.717, 1.165) is 39.3 Å². The lowest BCUT2D eigenvalue weighted by molar-refractivity contribution is 0.102. The van der Waals surface area contributed by atoms with E-state index in [1.807, 2.05) is 14.0 Å². The highest BCUT2D eigenvalue weighted by atomic mass is 16.5. The molecule has 1 heterocycles. The van der Waals surface area contributed by atoms with Crippen molar-refractivity contribution in [2.75, 3.05) is 46.5 Å². The smallest absolute Gasteiger partial charge is 0.0710 e. The van der Waals surface area contributed by atoms with Gasteiger partial charge in [0.05, 0.1) is 6.10 Å². The van der Waals surface area contributed by atoms with Crippen molar-refractivity contribution >= 4 is 0 Å². The van der Waals surface area contributed by atoms with Crippen LogP contribution in [-0.4, -0.2) is 63.5 Å². The van der Waals surface area contributed by atoms with Crippen molar-refractivity contribution in [1.29, 1.82) is 0 Å². The number of likely N-dealkylation sites (tertiary alicyclic amines) is 1. The van der Waals surface area contributed by atoms with Crippen LogP contribution in [0.5, 0.6) is 0 Å². The van der Waals surface area contributed by atoms with E-state index in [0.29, 0.717) is 12.1 Å². The molecule has 4 heteroatoms. The molecule has 0 aromatic carbocycles. The summed E-state index contributed by atoms with van der Waals surface area (Å²) in [6, 6.07) is 0.599. The first-order valence-corrected chi connectivity index (χ1v) is 6.83. The van der Waals surface area contributed by atoms with E-state index in [-0.39, 0.29) is 0 Å². The van der Waals surface area contributed by atoms with Crippen LogP contribution >= 0.6 is 0 Å². The highest BCUT2D eigenvalue weighted by Crippen LogP contribution is 2.14. The maximum Gasteiger partial charge on any atom is 0.0710 e. The Bertz CT molecular complexity index is 190. The van der Waals surface area contributed by atoms with E-state index in [1.54, 1.807) is 0 Å². The van der Waals surface area contributed by atoms with E-state index < -0.39 is 0 Å². The molecule has 0 aromatic rings. The van der Waals surface area contributed by atoms with Gasteiger partial charge in [0.25, 0.3) is 0 Å². The van der Waals surface area contributed by atoms with Crippen LogP contribution in [0, 0.1) is 0 Å². The van der Waals surface area contributed by atoms with Gasteiger partial charge >= 0.3 is 0 Å². The number of rotatable bonds is 9. The average Bonchev–Trinajstić information content (AvgIpc) is 2.82. The molecule has 1 rings (SSSR count). The molecule has 0 aliphatic carbocycles. The SMILES string of the molecule is CCOCCCNCC(C)N1CCC(OC)C1. The van der Waals surface area contributed by atoms with Crippen molar-refractivity contribution < 1.29 is 9.47 Å². The van der Waals surface area contributed by atoms with Gasteiger partial charge in [0.15, 0.2) is 0 Å². The standard InChI is InChI=1S/C13H28N2O2/c1-4-17-9-5-7-14-10-12(2)15-8-6-13(11-15)16-3/h12-14H,4-11H2,1-3H3. The molecule has 1 aliphatic rings. The normalized spacial score (nSPS) is 23.1. The summed E-state index contributed by atoms with van der Waals surface area (Å²) in [6.07, 6.45) is 2.71. The molecular weight excluding hydrogens is 216 g/mol. The van der Waals surface area contributed by atoms with E-state index in [2.05, 4.69) is 17.1 Å². The zero-order valence-corrected chi connectivity index (χ0v) is 11.6. The number of hydrogen-bond acceptors (Lipinski definition) is 4. The Hall–Kier alpha value is -0.160. The van der Waals surface area contributed by atoms with Crippen molar-refractivity contribution in [2.24, 2.45) is 0 Å². The highest BCUT2D eigenvalue weighted by Gasteiger charge is 2.25. The molecule has 0 aromatic heterocycles. The fourth-order valence-corrected chi connectivity index (χ4v) is 2.23. The van der Waals surface area contributed by atoms with Gasteiger partial charge in [-0.1, -0.05) is 0 Å². The van der Waals surface area contributed by atoms with Crippen molar-refractivity contribution in [3.8, 4) is 0 Å². The Morgan fingerprint density at radius 2 is 2.29 bits per heavy atom. The highest BCUT2D eigenvalue weighted by molar-refractivity contribution is 4.80. The van der Waals surface area contributed by atoms with Gasteiger partial charge in [0, 0.05) is 46.0 Å². The first-order valence-electron chi connectivity index (χ1n) is 6.83. The Labute approximate surface area is 106 Å². The third kappa shape index (κ3) is 5.82. The van der Waals surface area contributed by atoms with Gasteiger partial charge in [-0.2, -0.15) is 0 Å². The molecule has 0 radical (unpaired) electrons. The van der Waals surface area contributed by atoms with Crippen molar-refractivity contribution in [2.45, 2.75) is 38.8 Å². The molecule has 0 saturated carbocycles. The summed E-state index contributed by atoms with van der Waals surface area (Å²) in [4.78, 5) is 2.50. The minimum Gasteiger partial charge on any atom is -0.382 e. The van der Waals surface area contributed by atoms with Crippen molar-refractivity contribution in [3.05, 3.63) is 0 Å². The first kappa shape index (κ1) is 14.9. The molecule has 2 atom stereocenters. The number of methoxy groups -OCH3 is 1. The van der Waals surface area contributed by atoms with E-state index in [9.17, 15) is 0 Å². The van der Waals surface area contributed by atoms with E-state index in [4.69, 9.17) is 9.47 Å². The average molecular weight is 244 g/mol. The molecule has 0 amide bonds. The Morgan fingerprint density at radius 3 is 2.94 bits per heavy atom. The molecule has 17 heavy (non-hydrogen) atoms. The maximum absolute atomic E-state index is 5.38. The largest absolute Gasteiger partial charge is 0.382 e. The number of hydrogen-bond donors (Lipinski definition) is 1. The molecule has 1 saturated heterocycles. The van der Waals surface area contributed by atoms with Crippen LogP contribution in [0.25, 0.3) is 0 Å². The lowest BCUT2D eigenvalue weighted by atomic mass is 10.3. The summed E-state index contributed by atoms with van der Waals surface area (Å²) in [5.74, 6) is 0. The van der Waals surface area contributed by atoms with Crippen LogP contribution in [0.2, 0.25) is 0 Å². The van der Waals surface area contributed by atoms with Crippen molar-refractivity contribution in [3.63, 3.8) is 0 Å². The fraction of sp³-hybridized carbons (Fsp3) is 1.00. The summed E-state index contributed by atoms with van der Waals surface area (Å²) in [6.45, 7) is 10.4. The third-order valence-corrected chi connectivity index (χ3v) is 3.42. The molecule has 102 valence electrons. The van der Waals surface area contributed by atoms with Crippen LogP contribution in [0.4, 0.5) is 0 Å². The summed E-state index contributed by atoms with van der Waals surface area (Å²) in [5.41, 5.74) is 0. The van der Waals surface area contributed by atoms with Crippen LogP contribution in [0.3, 0.4) is 0 Å². The second-order valence-corrected chi connectivity index (χ2v) is 4.74. The van der Waals surface area contributed by atoms with Crippen LogP contribution in [0.15, 0.2) is 0 Å². The van der Waals surface area contributed by atoms with Crippen molar-refractivity contribution in [1.82, 2.24) is 10.2 Å². The summed E-state index contributed by atoms with van der Waals surface area (Å²) in [7, 11) is 1.81. The maximum atomic E-state index is 5.38. The molecule has 4 nitrogen and oxygen atoms in total. The van der Waals surface area contributed by atoms with Crippen LogP contribution in [0.1, 0.15) is 26.7 Å². The van der Waals surface area contributed by atoms with Gasteiger partial charge in [0.2, 0.25) is 0 Å². The van der Waals surface area contributed by atoms with Gasteiger partial charge in [-0.3, -0.25) is 4.90 Å². The van der Waals surface area contributed by atoms with E-state index in [1.165, 1.54) is 13.0 Å². The second kappa shape index (κ2) is 8.86. The quantitative estimate of drug-likeness (QED) is 0.616. The lowest BCUT2D eigenvalue weighted by Gasteiger charge is -2.24. The Balaban J connectivity index is 1.99. The van der Waals surface area contributed by atoms with Crippen LogP contribution < -0.4 is 5.32 Å². The first-order chi connectivity index (χ1) is 8.27. The Morgan fingerprint density at radius 1 is 1.47 bits per heavy atom. The number of nitrogens with one attached hydrogen (secondary N) is 1. The topological polar surface area (TPSA) is 33.7 Å². The summed E-state index contributed by atoms with van der Waals surface area (Å²) in [5, 5.41) is 3.49. The Kier molecular flexibility index (Phi) is 7.77.